The van der Waals surface area contributed by atoms with E-state index in [1.165, 1.54) is 18.6 Å². The summed E-state index contributed by atoms with van der Waals surface area (Å²) < 4.78 is 42.1. The Balaban J connectivity index is 1.45. The second-order valence-corrected chi connectivity index (χ2v) is 9.61. The lowest BCUT2D eigenvalue weighted by Gasteiger charge is -2.31. The van der Waals surface area contributed by atoms with Gasteiger partial charge in [-0.15, -0.1) is 0 Å². The van der Waals surface area contributed by atoms with Gasteiger partial charge in [0.05, 0.1) is 5.56 Å². The monoisotopic (exact) mass is 493 g/mol. The lowest BCUT2D eigenvalue weighted by atomic mass is 9.85. The molecule has 1 fully saturated rings. The van der Waals surface area contributed by atoms with E-state index in [1.807, 2.05) is 24.3 Å². The minimum absolute atomic E-state index is 0.0295. The zero-order valence-corrected chi connectivity index (χ0v) is 20.3. The summed E-state index contributed by atoms with van der Waals surface area (Å²) in [7, 11) is 0. The van der Waals surface area contributed by atoms with Gasteiger partial charge in [0.2, 0.25) is 0 Å². The number of fused-ring (bicyclic) bond motifs is 1. The van der Waals surface area contributed by atoms with Gasteiger partial charge in [0.1, 0.15) is 47.3 Å². The molecular weight excluding hydrogens is 464 g/mol. The molecule has 0 bridgehead atoms. The maximum absolute atomic E-state index is 15.0. The van der Waals surface area contributed by atoms with Crippen LogP contribution in [0.5, 0.6) is 23.0 Å². The SMILES string of the molecule is CC1=C(c2c(F)cc(O)cc2F)C(c2ccc(OCCN3CC[C@@H](C)C3)cc2)Oc2cc(O)ccc21. The summed E-state index contributed by atoms with van der Waals surface area (Å²) in [5.41, 5.74) is 1.98. The number of rotatable bonds is 6. The van der Waals surface area contributed by atoms with E-state index in [2.05, 4.69) is 11.8 Å². The third kappa shape index (κ3) is 4.75. The molecule has 0 aromatic heterocycles. The Morgan fingerprint density at radius 3 is 2.39 bits per heavy atom. The number of phenols is 2. The Kier molecular flexibility index (Phi) is 6.58. The maximum Gasteiger partial charge on any atom is 0.150 e. The number of aromatic hydroxyl groups is 2. The predicted molar refractivity (Wildman–Crippen MR) is 134 cm³/mol. The summed E-state index contributed by atoms with van der Waals surface area (Å²) in [6.07, 6.45) is 0.377. The fourth-order valence-electron chi connectivity index (χ4n) is 5.08. The molecule has 2 atom stereocenters. The van der Waals surface area contributed by atoms with E-state index in [0.717, 1.165) is 37.7 Å². The minimum Gasteiger partial charge on any atom is -0.508 e. The van der Waals surface area contributed by atoms with Gasteiger partial charge in [-0.2, -0.15) is 0 Å². The van der Waals surface area contributed by atoms with Crippen LogP contribution in [-0.4, -0.2) is 41.4 Å². The molecule has 5 rings (SSSR count). The quantitative estimate of drug-likeness (QED) is 0.431. The third-order valence-corrected chi connectivity index (χ3v) is 6.94. The van der Waals surface area contributed by atoms with Crippen molar-refractivity contribution in [2.75, 3.05) is 26.2 Å². The Morgan fingerprint density at radius 2 is 1.72 bits per heavy atom. The first-order chi connectivity index (χ1) is 17.3. The van der Waals surface area contributed by atoms with Crippen molar-refractivity contribution in [3.05, 3.63) is 82.9 Å². The molecule has 2 heterocycles. The number of ether oxygens (including phenoxy) is 2. The molecule has 0 radical (unpaired) electrons. The summed E-state index contributed by atoms with van der Waals surface area (Å²) in [6, 6.07) is 13.7. The van der Waals surface area contributed by atoms with Crippen LogP contribution in [-0.2, 0) is 0 Å². The van der Waals surface area contributed by atoms with Crippen LogP contribution < -0.4 is 9.47 Å². The Labute approximate surface area is 209 Å². The van der Waals surface area contributed by atoms with Gasteiger partial charge in [0, 0.05) is 42.4 Å². The first-order valence-electron chi connectivity index (χ1n) is 12.1. The Morgan fingerprint density at radius 1 is 1.00 bits per heavy atom. The number of nitrogens with zero attached hydrogens (tertiary/aromatic N) is 1. The summed E-state index contributed by atoms with van der Waals surface area (Å²) in [4.78, 5) is 2.39. The second kappa shape index (κ2) is 9.82. The van der Waals surface area contributed by atoms with Crippen molar-refractivity contribution < 1.29 is 28.5 Å². The molecule has 36 heavy (non-hydrogen) atoms. The first kappa shape index (κ1) is 24.1. The number of hydrogen-bond donors (Lipinski definition) is 2. The average molecular weight is 494 g/mol. The molecule has 1 unspecified atom stereocenters. The predicted octanol–water partition coefficient (Wildman–Crippen LogP) is 6.16. The zero-order valence-electron chi connectivity index (χ0n) is 20.3. The van der Waals surface area contributed by atoms with Crippen molar-refractivity contribution in [3.8, 4) is 23.0 Å². The largest absolute Gasteiger partial charge is 0.508 e. The van der Waals surface area contributed by atoms with Crippen molar-refractivity contribution in [2.24, 2.45) is 5.92 Å². The van der Waals surface area contributed by atoms with E-state index < -0.39 is 23.5 Å². The zero-order chi connectivity index (χ0) is 25.4. The van der Waals surface area contributed by atoms with Crippen LogP contribution in [0.4, 0.5) is 8.78 Å². The van der Waals surface area contributed by atoms with Gasteiger partial charge in [0.15, 0.2) is 0 Å². The average Bonchev–Trinajstić information content (AvgIpc) is 3.25. The van der Waals surface area contributed by atoms with Crippen LogP contribution in [0, 0.1) is 17.6 Å². The highest BCUT2D eigenvalue weighted by Crippen LogP contribution is 2.48. The molecule has 0 amide bonds. The minimum atomic E-state index is -0.881. The highest BCUT2D eigenvalue weighted by Gasteiger charge is 2.33. The smallest absolute Gasteiger partial charge is 0.150 e. The van der Waals surface area contributed by atoms with E-state index in [1.54, 1.807) is 13.0 Å². The van der Waals surface area contributed by atoms with Crippen LogP contribution in [0.15, 0.2) is 54.6 Å². The Bertz CT molecular complexity index is 1280. The summed E-state index contributed by atoms with van der Waals surface area (Å²) in [6.45, 7) is 7.65. The van der Waals surface area contributed by atoms with Crippen LogP contribution in [0.1, 0.15) is 43.1 Å². The molecule has 5 nitrogen and oxygen atoms in total. The normalized spacial score (nSPS) is 19.8. The fourth-order valence-corrected chi connectivity index (χ4v) is 5.08. The van der Waals surface area contributed by atoms with Crippen molar-refractivity contribution in [1.29, 1.82) is 0 Å². The Hall–Kier alpha value is -3.58. The number of hydrogen-bond acceptors (Lipinski definition) is 5. The van der Waals surface area contributed by atoms with Gasteiger partial charge in [-0.3, -0.25) is 4.90 Å². The number of benzene rings is 3. The van der Waals surface area contributed by atoms with Crippen LogP contribution >= 0.6 is 0 Å². The van der Waals surface area contributed by atoms with Crippen molar-refractivity contribution in [3.63, 3.8) is 0 Å². The van der Waals surface area contributed by atoms with Crippen molar-refractivity contribution >= 4 is 11.1 Å². The summed E-state index contributed by atoms with van der Waals surface area (Å²) in [5, 5.41) is 19.6. The number of phenolic OH excluding ortho intramolecular Hbond substituents is 2. The molecule has 0 saturated carbocycles. The number of halogens is 2. The fraction of sp³-hybridized carbons (Fsp3) is 0.310. The van der Waals surface area contributed by atoms with Crippen LogP contribution in [0.3, 0.4) is 0 Å². The molecular formula is C29H29F2NO4. The molecule has 3 aromatic carbocycles. The maximum atomic E-state index is 15.0. The van der Waals surface area contributed by atoms with Gasteiger partial charge in [-0.05, 0) is 61.2 Å². The summed E-state index contributed by atoms with van der Waals surface area (Å²) in [5.74, 6) is -0.383. The molecule has 1 saturated heterocycles. The molecule has 3 aromatic rings. The lowest BCUT2D eigenvalue weighted by molar-refractivity contribution is 0.233. The van der Waals surface area contributed by atoms with Crippen LogP contribution in [0.25, 0.3) is 11.1 Å². The standard InChI is InChI=1S/C29H29F2NO4/c1-17-9-10-32(16-17)11-12-35-22-6-3-19(4-7-22)29-27(28-24(30)13-21(34)14-25(28)31)18(2)23-8-5-20(33)15-26(23)36-29/h3-8,13-15,17,29,33-34H,9-12,16H2,1-2H3/t17-,29?/m1/s1. The van der Waals surface area contributed by atoms with Gasteiger partial charge in [-0.25, -0.2) is 8.78 Å². The van der Waals surface area contributed by atoms with Gasteiger partial charge in [0.25, 0.3) is 0 Å². The van der Waals surface area contributed by atoms with E-state index in [0.29, 0.717) is 40.4 Å². The molecule has 0 aliphatic carbocycles. The van der Waals surface area contributed by atoms with Crippen molar-refractivity contribution in [2.45, 2.75) is 26.4 Å². The molecule has 7 heteroatoms. The van der Waals surface area contributed by atoms with Gasteiger partial charge < -0.3 is 19.7 Å². The summed E-state index contributed by atoms with van der Waals surface area (Å²) >= 11 is 0. The van der Waals surface area contributed by atoms with E-state index >= 15 is 8.78 Å². The first-order valence-corrected chi connectivity index (χ1v) is 12.1. The van der Waals surface area contributed by atoms with E-state index in [4.69, 9.17) is 9.47 Å². The van der Waals surface area contributed by atoms with Crippen LogP contribution in [0.2, 0.25) is 0 Å². The highest BCUT2D eigenvalue weighted by molar-refractivity contribution is 5.96. The lowest BCUT2D eigenvalue weighted by Crippen LogP contribution is -2.25. The van der Waals surface area contributed by atoms with E-state index in [9.17, 15) is 10.2 Å². The highest BCUT2D eigenvalue weighted by atomic mass is 19.1. The molecule has 2 aliphatic rings. The van der Waals surface area contributed by atoms with E-state index in [-0.39, 0.29) is 11.3 Å². The van der Waals surface area contributed by atoms with Crippen molar-refractivity contribution in [1.82, 2.24) is 4.90 Å². The number of likely N-dealkylation sites (tertiary alicyclic amines) is 1. The topological polar surface area (TPSA) is 62.2 Å². The third-order valence-electron chi connectivity index (χ3n) is 6.94. The molecule has 0 spiro atoms. The van der Waals surface area contributed by atoms with Gasteiger partial charge in [-0.1, -0.05) is 19.1 Å². The number of allylic oxidation sites excluding steroid dienone is 1. The molecule has 188 valence electrons. The molecule has 2 aliphatic heterocycles. The van der Waals surface area contributed by atoms with Gasteiger partial charge >= 0.3 is 0 Å². The molecule has 2 N–H and O–H groups in total. The second-order valence-electron chi connectivity index (χ2n) is 9.61.